The zero-order valence-corrected chi connectivity index (χ0v) is 25.3. The molecule has 4 aromatic rings. The Kier molecular flexibility index (Phi) is 9.61. The first-order valence-electron chi connectivity index (χ1n) is 13.8. The van der Waals surface area contributed by atoms with E-state index in [0.717, 1.165) is 43.1 Å². The molecule has 10 nitrogen and oxygen atoms in total. The highest BCUT2D eigenvalue weighted by molar-refractivity contribution is 6.34. The third kappa shape index (κ3) is 7.53. The Morgan fingerprint density at radius 1 is 0.884 bits per heavy atom. The highest BCUT2D eigenvalue weighted by Gasteiger charge is 2.19. The highest BCUT2D eigenvalue weighted by atomic mass is 35.5. The van der Waals surface area contributed by atoms with Crippen molar-refractivity contribution >= 4 is 75.2 Å². The lowest BCUT2D eigenvalue weighted by atomic mass is 10.2. The van der Waals surface area contributed by atoms with Gasteiger partial charge in [-0.3, -0.25) is 9.59 Å². The molecule has 43 heavy (non-hydrogen) atoms. The van der Waals surface area contributed by atoms with Gasteiger partial charge in [-0.05, 0) is 62.0 Å². The van der Waals surface area contributed by atoms with E-state index in [2.05, 4.69) is 60.2 Å². The first kappa shape index (κ1) is 30.1. The van der Waals surface area contributed by atoms with Crippen LogP contribution in [-0.4, -0.2) is 65.8 Å². The topological polar surface area (TPSA) is 115 Å². The fraction of sp³-hybridized carbons (Fsp3) is 0.226. The van der Waals surface area contributed by atoms with Crippen molar-refractivity contribution < 1.29 is 9.59 Å². The number of anilines is 7. The number of rotatable bonds is 9. The minimum Gasteiger partial charge on any atom is -0.369 e. The van der Waals surface area contributed by atoms with E-state index in [-0.39, 0.29) is 29.1 Å². The molecule has 0 atom stereocenters. The van der Waals surface area contributed by atoms with Crippen LogP contribution in [0.1, 0.15) is 15.9 Å². The summed E-state index contributed by atoms with van der Waals surface area (Å²) in [6.45, 7) is 5.86. The van der Waals surface area contributed by atoms with Gasteiger partial charge in [0.05, 0.1) is 22.1 Å². The third-order valence-electron chi connectivity index (χ3n) is 7.06. The summed E-state index contributed by atoms with van der Waals surface area (Å²) in [6, 6.07) is 20.5. The Labute approximate surface area is 260 Å². The molecule has 0 aliphatic carbocycles. The normalized spacial score (nSPS) is 13.3. The summed E-state index contributed by atoms with van der Waals surface area (Å²) in [5.74, 6) is -0.518. The van der Waals surface area contributed by atoms with Gasteiger partial charge in [0.25, 0.3) is 5.91 Å². The Balaban J connectivity index is 1.43. The van der Waals surface area contributed by atoms with Gasteiger partial charge in [-0.15, -0.1) is 11.6 Å². The molecule has 2 heterocycles. The van der Waals surface area contributed by atoms with E-state index in [1.807, 2.05) is 31.2 Å². The van der Waals surface area contributed by atoms with E-state index in [0.29, 0.717) is 22.1 Å². The van der Waals surface area contributed by atoms with Crippen molar-refractivity contribution in [1.82, 2.24) is 14.9 Å². The van der Waals surface area contributed by atoms with Crippen molar-refractivity contribution in [3.63, 3.8) is 0 Å². The molecule has 0 spiro atoms. The lowest BCUT2D eigenvalue weighted by Crippen LogP contribution is -2.44. The zero-order chi connectivity index (χ0) is 30.3. The molecule has 0 radical (unpaired) electrons. The number of likely N-dealkylation sites (N-methyl/N-ethyl adjacent to an activating group) is 1. The number of hydrogen-bond acceptors (Lipinski definition) is 8. The fourth-order valence-electron chi connectivity index (χ4n) is 4.64. The first-order chi connectivity index (χ1) is 20.8. The smallest absolute Gasteiger partial charge is 0.261 e. The molecule has 0 saturated carbocycles. The number of benzene rings is 3. The molecule has 12 heteroatoms. The standard InChI is InChI=1S/C31H32Cl2N8O2/c1-20-6-5-7-24(33)28(20)38-30(43)23-19-34-31(35-21-10-12-22(13-11-21)41-16-14-40(2)15-17-41)39-29(23)37-26-9-4-3-8-25(26)36-27(42)18-32/h3-13,19H,14-18H2,1-2H3,(H,36,42)(H,38,43)(H2,34,35,37,39). The maximum absolute atomic E-state index is 13.5. The molecular formula is C31H32Cl2N8O2. The SMILES string of the molecule is Cc1cccc(Cl)c1NC(=O)c1cnc(Nc2ccc(N3CCN(C)CC3)cc2)nc1Nc1ccccc1NC(=O)CCl. The Bertz CT molecular complexity index is 1590. The van der Waals surface area contributed by atoms with Crippen LogP contribution in [0.25, 0.3) is 0 Å². The minimum absolute atomic E-state index is 0.175. The molecular weight excluding hydrogens is 587 g/mol. The number of carbonyl (C=O) groups is 2. The number of nitrogens with one attached hydrogen (secondary N) is 4. The average molecular weight is 620 g/mol. The molecule has 0 bridgehead atoms. The molecule has 3 aromatic carbocycles. The Morgan fingerprint density at radius 3 is 2.30 bits per heavy atom. The molecule has 1 saturated heterocycles. The summed E-state index contributed by atoms with van der Waals surface area (Å²) in [4.78, 5) is 39.3. The van der Waals surface area contributed by atoms with E-state index in [4.69, 9.17) is 23.2 Å². The average Bonchev–Trinajstić information content (AvgIpc) is 3.01. The number of alkyl halides is 1. The predicted octanol–water partition coefficient (Wildman–Crippen LogP) is 6.11. The second-order valence-electron chi connectivity index (χ2n) is 10.2. The van der Waals surface area contributed by atoms with Crippen LogP contribution < -0.4 is 26.2 Å². The summed E-state index contributed by atoms with van der Waals surface area (Å²) in [6.07, 6.45) is 1.44. The van der Waals surface area contributed by atoms with Crippen LogP contribution in [0.4, 0.5) is 40.2 Å². The summed E-state index contributed by atoms with van der Waals surface area (Å²) in [5, 5.41) is 12.5. The van der Waals surface area contributed by atoms with Crippen molar-refractivity contribution in [2.45, 2.75) is 6.92 Å². The largest absolute Gasteiger partial charge is 0.369 e. The Morgan fingerprint density at radius 2 is 1.60 bits per heavy atom. The maximum atomic E-state index is 13.5. The minimum atomic E-state index is -0.455. The molecule has 2 amide bonds. The van der Waals surface area contributed by atoms with Gasteiger partial charge in [0.15, 0.2) is 0 Å². The van der Waals surface area contributed by atoms with E-state index in [1.54, 1.807) is 30.3 Å². The fourth-order valence-corrected chi connectivity index (χ4v) is 4.97. The van der Waals surface area contributed by atoms with Gasteiger partial charge in [0.2, 0.25) is 11.9 Å². The number of para-hydroxylation sites is 3. The predicted molar refractivity (Wildman–Crippen MR) is 175 cm³/mol. The number of halogens is 2. The molecule has 1 fully saturated rings. The van der Waals surface area contributed by atoms with E-state index in [1.165, 1.54) is 6.20 Å². The van der Waals surface area contributed by atoms with Crippen molar-refractivity contribution in [2.24, 2.45) is 0 Å². The van der Waals surface area contributed by atoms with Crippen LogP contribution in [0.15, 0.2) is 72.9 Å². The molecule has 1 aliphatic heterocycles. The summed E-state index contributed by atoms with van der Waals surface area (Å²) in [5.41, 5.74) is 4.43. The van der Waals surface area contributed by atoms with Gasteiger partial charge in [-0.25, -0.2) is 4.98 Å². The van der Waals surface area contributed by atoms with Crippen LogP contribution in [-0.2, 0) is 4.79 Å². The van der Waals surface area contributed by atoms with Crippen molar-refractivity contribution in [1.29, 1.82) is 0 Å². The first-order valence-corrected chi connectivity index (χ1v) is 14.7. The number of amides is 2. The summed E-state index contributed by atoms with van der Waals surface area (Å²) >= 11 is 12.1. The van der Waals surface area contributed by atoms with Gasteiger partial charge in [0.1, 0.15) is 17.3 Å². The molecule has 4 N–H and O–H groups in total. The monoisotopic (exact) mass is 618 g/mol. The lowest BCUT2D eigenvalue weighted by molar-refractivity contribution is -0.113. The number of hydrogen-bond donors (Lipinski definition) is 4. The van der Waals surface area contributed by atoms with Crippen molar-refractivity contribution in [2.75, 3.05) is 65.3 Å². The van der Waals surface area contributed by atoms with Gasteiger partial charge < -0.3 is 31.1 Å². The molecule has 222 valence electrons. The summed E-state index contributed by atoms with van der Waals surface area (Å²) < 4.78 is 0. The Hall–Kier alpha value is -4.38. The second kappa shape index (κ2) is 13.7. The maximum Gasteiger partial charge on any atom is 0.261 e. The van der Waals surface area contributed by atoms with Crippen LogP contribution in [0.2, 0.25) is 5.02 Å². The van der Waals surface area contributed by atoms with Crippen LogP contribution in [0, 0.1) is 6.92 Å². The van der Waals surface area contributed by atoms with E-state index in [9.17, 15) is 9.59 Å². The van der Waals surface area contributed by atoms with Crippen molar-refractivity contribution in [3.05, 3.63) is 89.1 Å². The second-order valence-corrected chi connectivity index (χ2v) is 10.8. The molecule has 0 unspecified atom stereocenters. The van der Waals surface area contributed by atoms with E-state index < -0.39 is 5.91 Å². The van der Waals surface area contributed by atoms with Gasteiger partial charge in [-0.1, -0.05) is 35.9 Å². The van der Waals surface area contributed by atoms with Gasteiger partial charge in [0, 0.05) is 43.8 Å². The molecule has 1 aromatic heterocycles. The van der Waals surface area contributed by atoms with E-state index >= 15 is 0 Å². The van der Waals surface area contributed by atoms with Crippen LogP contribution >= 0.6 is 23.2 Å². The van der Waals surface area contributed by atoms with Gasteiger partial charge >= 0.3 is 0 Å². The third-order valence-corrected chi connectivity index (χ3v) is 7.62. The summed E-state index contributed by atoms with van der Waals surface area (Å²) in [7, 11) is 2.13. The molecule has 5 rings (SSSR count). The lowest BCUT2D eigenvalue weighted by Gasteiger charge is -2.34. The van der Waals surface area contributed by atoms with Crippen LogP contribution in [0.5, 0.6) is 0 Å². The number of nitrogens with zero attached hydrogens (tertiary/aromatic N) is 4. The number of carbonyl (C=O) groups excluding carboxylic acids is 2. The highest BCUT2D eigenvalue weighted by Crippen LogP contribution is 2.30. The zero-order valence-electron chi connectivity index (χ0n) is 23.8. The molecule has 1 aliphatic rings. The van der Waals surface area contributed by atoms with Gasteiger partial charge in [-0.2, -0.15) is 4.98 Å². The van der Waals surface area contributed by atoms with Crippen LogP contribution in [0.3, 0.4) is 0 Å². The van der Waals surface area contributed by atoms with Crippen molar-refractivity contribution in [3.8, 4) is 0 Å². The number of aromatic nitrogens is 2. The quantitative estimate of drug-likeness (QED) is 0.166. The number of piperazine rings is 1. The number of aryl methyl sites for hydroxylation is 1.